The molecule has 0 radical (unpaired) electrons. The van der Waals surface area contributed by atoms with Gasteiger partial charge in [0.25, 0.3) is 5.56 Å². The van der Waals surface area contributed by atoms with Gasteiger partial charge in [-0.05, 0) is 45.0 Å². The molecule has 116 valence electrons. The molecule has 1 N–H and O–H groups in total. The van der Waals surface area contributed by atoms with E-state index in [0.717, 1.165) is 17.1 Å². The van der Waals surface area contributed by atoms with Crippen molar-refractivity contribution in [3.05, 3.63) is 75.8 Å². The first-order chi connectivity index (χ1) is 11.1. The quantitative estimate of drug-likeness (QED) is 0.754. The third-order valence-electron chi connectivity index (χ3n) is 3.60. The first-order valence-electron chi connectivity index (χ1n) is 7.42. The standard InChI is InChI=1S/C18H18N4O/c1-12-8-7-11-16(19-12)20-13(2)17-14(3)21-22(18(17)23)15-9-5-4-6-10-15/h4-11,21H,1-3H3. The maximum Gasteiger partial charge on any atom is 0.280 e. The van der Waals surface area contributed by atoms with Crippen LogP contribution in [0.3, 0.4) is 0 Å². The molecule has 0 aliphatic rings. The van der Waals surface area contributed by atoms with Gasteiger partial charge >= 0.3 is 0 Å². The predicted molar refractivity (Wildman–Crippen MR) is 92.0 cm³/mol. The molecule has 0 unspecified atom stereocenters. The topological polar surface area (TPSA) is 63.0 Å². The maximum atomic E-state index is 12.7. The van der Waals surface area contributed by atoms with Gasteiger partial charge in [0.2, 0.25) is 0 Å². The highest BCUT2D eigenvalue weighted by Gasteiger charge is 2.15. The number of aromatic amines is 1. The van der Waals surface area contributed by atoms with Crippen LogP contribution in [0.2, 0.25) is 0 Å². The summed E-state index contributed by atoms with van der Waals surface area (Å²) in [6, 6.07) is 15.1. The third kappa shape index (κ3) is 2.99. The van der Waals surface area contributed by atoms with Gasteiger partial charge in [-0.3, -0.25) is 9.89 Å². The molecule has 2 aromatic heterocycles. The molecule has 0 amide bonds. The van der Waals surface area contributed by atoms with E-state index in [1.165, 1.54) is 4.68 Å². The van der Waals surface area contributed by atoms with E-state index in [2.05, 4.69) is 15.1 Å². The van der Waals surface area contributed by atoms with Gasteiger partial charge < -0.3 is 0 Å². The summed E-state index contributed by atoms with van der Waals surface area (Å²) >= 11 is 0. The summed E-state index contributed by atoms with van der Waals surface area (Å²) in [7, 11) is 0. The van der Waals surface area contributed by atoms with Crippen LogP contribution in [-0.4, -0.2) is 20.5 Å². The van der Waals surface area contributed by atoms with Crippen LogP contribution in [0.1, 0.15) is 23.9 Å². The Bertz CT molecular complexity index is 920. The van der Waals surface area contributed by atoms with Crippen molar-refractivity contribution in [2.24, 2.45) is 4.99 Å². The molecule has 5 heteroatoms. The Morgan fingerprint density at radius 2 is 1.83 bits per heavy atom. The zero-order valence-corrected chi connectivity index (χ0v) is 13.4. The van der Waals surface area contributed by atoms with E-state index >= 15 is 0 Å². The molecule has 3 rings (SSSR count). The Labute approximate surface area is 134 Å². The molecule has 0 atom stereocenters. The van der Waals surface area contributed by atoms with Gasteiger partial charge in [0.05, 0.1) is 17.0 Å². The highest BCUT2D eigenvalue weighted by Crippen LogP contribution is 2.13. The van der Waals surface area contributed by atoms with E-state index < -0.39 is 0 Å². The Balaban J connectivity index is 2.07. The van der Waals surface area contributed by atoms with Crippen molar-refractivity contribution in [2.45, 2.75) is 20.8 Å². The smallest absolute Gasteiger partial charge is 0.280 e. The molecular weight excluding hydrogens is 288 g/mol. The highest BCUT2D eigenvalue weighted by molar-refractivity contribution is 6.00. The minimum atomic E-state index is -0.109. The van der Waals surface area contributed by atoms with Crippen LogP contribution in [0.15, 0.2) is 58.3 Å². The average Bonchev–Trinajstić information content (AvgIpc) is 2.83. The predicted octanol–water partition coefficient (Wildman–Crippen LogP) is 3.32. The largest absolute Gasteiger partial charge is 0.295 e. The number of H-pyrrole nitrogens is 1. The van der Waals surface area contributed by atoms with Crippen LogP contribution in [0, 0.1) is 13.8 Å². The molecular formula is C18H18N4O. The molecule has 0 spiro atoms. The molecule has 0 fully saturated rings. The van der Waals surface area contributed by atoms with E-state index in [1.807, 2.05) is 69.3 Å². The minimum Gasteiger partial charge on any atom is -0.295 e. The summed E-state index contributed by atoms with van der Waals surface area (Å²) in [6.07, 6.45) is 0. The molecule has 0 saturated heterocycles. The first kappa shape index (κ1) is 15.0. The van der Waals surface area contributed by atoms with Gasteiger partial charge in [-0.15, -0.1) is 0 Å². The molecule has 0 aliphatic carbocycles. The monoisotopic (exact) mass is 306 g/mol. The van der Waals surface area contributed by atoms with Crippen molar-refractivity contribution in [1.82, 2.24) is 14.8 Å². The lowest BCUT2D eigenvalue weighted by Gasteiger charge is -2.00. The van der Waals surface area contributed by atoms with Gasteiger partial charge in [0, 0.05) is 11.4 Å². The lowest BCUT2D eigenvalue weighted by molar-refractivity contribution is 0.835. The molecule has 0 saturated carbocycles. The summed E-state index contributed by atoms with van der Waals surface area (Å²) < 4.78 is 1.54. The number of aromatic nitrogens is 3. The SMILES string of the molecule is CC(=Nc1cccc(C)n1)c1c(C)[nH]n(-c2ccccc2)c1=O. The van der Waals surface area contributed by atoms with E-state index in [4.69, 9.17) is 0 Å². The fourth-order valence-corrected chi connectivity index (χ4v) is 2.55. The molecule has 3 aromatic rings. The Morgan fingerprint density at radius 1 is 1.09 bits per heavy atom. The second kappa shape index (κ2) is 6.04. The van der Waals surface area contributed by atoms with Crippen molar-refractivity contribution >= 4 is 11.5 Å². The number of nitrogens with one attached hydrogen (secondary N) is 1. The average molecular weight is 306 g/mol. The van der Waals surface area contributed by atoms with E-state index in [1.54, 1.807) is 0 Å². The zero-order valence-electron chi connectivity index (χ0n) is 13.4. The summed E-state index contributed by atoms with van der Waals surface area (Å²) in [5.74, 6) is 0.605. The van der Waals surface area contributed by atoms with Crippen molar-refractivity contribution in [2.75, 3.05) is 0 Å². The number of hydrogen-bond donors (Lipinski definition) is 1. The maximum absolute atomic E-state index is 12.7. The lowest BCUT2D eigenvalue weighted by atomic mass is 10.2. The van der Waals surface area contributed by atoms with Gasteiger partial charge in [0.1, 0.15) is 0 Å². The van der Waals surface area contributed by atoms with Gasteiger partial charge in [-0.1, -0.05) is 24.3 Å². The number of hydrogen-bond acceptors (Lipinski definition) is 3. The number of benzene rings is 1. The number of pyridine rings is 1. The third-order valence-corrected chi connectivity index (χ3v) is 3.60. The van der Waals surface area contributed by atoms with Crippen LogP contribution in [0.25, 0.3) is 5.69 Å². The minimum absolute atomic E-state index is 0.109. The Hall–Kier alpha value is -2.95. The van der Waals surface area contributed by atoms with Crippen LogP contribution >= 0.6 is 0 Å². The van der Waals surface area contributed by atoms with Gasteiger partial charge in [-0.2, -0.15) is 0 Å². The van der Waals surface area contributed by atoms with Crippen molar-refractivity contribution < 1.29 is 0 Å². The highest BCUT2D eigenvalue weighted by atomic mass is 16.1. The van der Waals surface area contributed by atoms with Crippen molar-refractivity contribution in [3.63, 3.8) is 0 Å². The van der Waals surface area contributed by atoms with Crippen LogP contribution in [-0.2, 0) is 0 Å². The molecule has 0 bridgehead atoms. The van der Waals surface area contributed by atoms with Crippen LogP contribution in [0.5, 0.6) is 0 Å². The molecule has 1 aromatic carbocycles. The number of para-hydroxylation sites is 1. The first-order valence-corrected chi connectivity index (χ1v) is 7.42. The molecule has 2 heterocycles. The van der Waals surface area contributed by atoms with Crippen LogP contribution in [0.4, 0.5) is 5.82 Å². The number of nitrogens with zero attached hydrogens (tertiary/aromatic N) is 3. The second-order valence-electron chi connectivity index (χ2n) is 5.42. The normalized spacial score (nSPS) is 11.7. The van der Waals surface area contributed by atoms with E-state index in [9.17, 15) is 4.79 Å². The Morgan fingerprint density at radius 3 is 2.52 bits per heavy atom. The van der Waals surface area contributed by atoms with Crippen molar-refractivity contribution in [1.29, 1.82) is 0 Å². The van der Waals surface area contributed by atoms with E-state index in [0.29, 0.717) is 17.1 Å². The lowest BCUT2D eigenvalue weighted by Crippen LogP contribution is -2.19. The molecule has 0 aliphatic heterocycles. The van der Waals surface area contributed by atoms with E-state index in [-0.39, 0.29) is 5.56 Å². The number of aliphatic imine (C=N–C) groups is 1. The van der Waals surface area contributed by atoms with Crippen LogP contribution < -0.4 is 5.56 Å². The van der Waals surface area contributed by atoms with Gasteiger partial charge in [0.15, 0.2) is 5.82 Å². The number of aryl methyl sites for hydroxylation is 2. The molecule has 5 nitrogen and oxygen atoms in total. The summed E-state index contributed by atoms with van der Waals surface area (Å²) in [5, 5.41) is 3.11. The summed E-state index contributed by atoms with van der Waals surface area (Å²) in [6.45, 7) is 5.62. The Kier molecular flexibility index (Phi) is 3.93. The summed E-state index contributed by atoms with van der Waals surface area (Å²) in [5.41, 5.74) is 3.60. The second-order valence-corrected chi connectivity index (χ2v) is 5.42. The van der Waals surface area contributed by atoms with Crippen molar-refractivity contribution in [3.8, 4) is 5.69 Å². The van der Waals surface area contributed by atoms with Gasteiger partial charge in [-0.25, -0.2) is 14.7 Å². The summed E-state index contributed by atoms with van der Waals surface area (Å²) in [4.78, 5) is 21.6. The fourth-order valence-electron chi connectivity index (χ4n) is 2.55. The number of rotatable bonds is 3. The fraction of sp³-hybridized carbons (Fsp3) is 0.167. The zero-order chi connectivity index (χ0) is 16.4. The molecule has 23 heavy (non-hydrogen) atoms.